The van der Waals surface area contributed by atoms with E-state index < -0.39 is 17.7 Å². The molecule has 2 heterocycles. The number of nitrogens with one attached hydrogen (secondary N) is 2. The minimum atomic E-state index is -0.764. The van der Waals surface area contributed by atoms with E-state index in [-0.39, 0.29) is 12.0 Å². The molecule has 2 aromatic rings. The van der Waals surface area contributed by atoms with Gasteiger partial charge in [-0.05, 0) is 39.8 Å². The van der Waals surface area contributed by atoms with Gasteiger partial charge in [-0.1, -0.05) is 12.1 Å². The van der Waals surface area contributed by atoms with Crippen LogP contribution in [-0.4, -0.2) is 46.1 Å². The standard InChI is InChI=1S/C20H26N4O5/c1-13(22-19(26)29-20(2,3)4)18(25)23-14-9-21-24(10-14)11-15-12-27-16-7-5-6-8-17(16)28-15/h5-10,13,15H,11-12H2,1-4H3,(H,22,26)(H,23,25)/t13-,15+/m1/s1. The van der Waals surface area contributed by atoms with Crippen LogP contribution in [0.15, 0.2) is 36.7 Å². The molecule has 0 spiro atoms. The van der Waals surface area contributed by atoms with Crippen molar-refractivity contribution in [2.24, 2.45) is 0 Å². The number of hydrogen-bond acceptors (Lipinski definition) is 6. The third-order valence-electron chi connectivity index (χ3n) is 3.99. The van der Waals surface area contributed by atoms with Crippen LogP contribution < -0.4 is 20.1 Å². The maximum Gasteiger partial charge on any atom is 0.408 e. The van der Waals surface area contributed by atoms with Gasteiger partial charge in [0.2, 0.25) is 5.91 Å². The van der Waals surface area contributed by atoms with Crippen molar-refractivity contribution >= 4 is 17.7 Å². The van der Waals surface area contributed by atoms with Crippen LogP contribution in [0.1, 0.15) is 27.7 Å². The Balaban J connectivity index is 1.50. The maximum absolute atomic E-state index is 12.3. The Morgan fingerprint density at radius 2 is 2.03 bits per heavy atom. The van der Waals surface area contributed by atoms with E-state index in [1.54, 1.807) is 38.6 Å². The number of para-hydroxylation sites is 2. The summed E-state index contributed by atoms with van der Waals surface area (Å²) < 4.78 is 18.4. The lowest BCUT2D eigenvalue weighted by Crippen LogP contribution is -2.43. The average Bonchev–Trinajstić information content (AvgIpc) is 3.06. The number of rotatable bonds is 5. The summed E-state index contributed by atoms with van der Waals surface area (Å²) in [5, 5.41) is 9.46. The molecule has 2 amide bonds. The molecular weight excluding hydrogens is 376 g/mol. The summed E-state index contributed by atoms with van der Waals surface area (Å²) in [6.07, 6.45) is 2.39. The highest BCUT2D eigenvalue weighted by molar-refractivity contribution is 5.96. The normalized spacial score (nSPS) is 16.6. The lowest BCUT2D eigenvalue weighted by atomic mass is 10.2. The van der Waals surface area contributed by atoms with E-state index in [0.29, 0.717) is 24.6 Å². The van der Waals surface area contributed by atoms with E-state index in [2.05, 4.69) is 15.7 Å². The number of anilines is 1. The van der Waals surface area contributed by atoms with Crippen molar-refractivity contribution in [3.8, 4) is 11.5 Å². The lowest BCUT2D eigenvalue weighted by Gasteiger charge is -2.26. The molecule has 0 unspecified atom stereocenters. The predicted molar refractivity (Wildman–Crippen MR) is 106 cm³/mol. The molecule has 9 heteroatoms. The molecule has 1 aliphatic heterocycles. The van der Waals surface area contributed by atoms with Gasteiger partial charge in [-0.2, -0.15) is 5.10 Å². The number of ether oxygens (including phenoxy) is 3. The van der Waals surface area contributed by atoms with Gasteiger partial charge >= 0.3 is 6.09 Å². The monoisotopic (exact) mass is 402 g/mol. The van der Waals surface area contributed by atoms with E-state index in [1.807, 2.05) is 24.3 Å². The average molecular weight is 402 g/mol. The third-order valence-corrected chi connectivity index (χ3v) is 3.99. The summed E-state index contributed by atoms with van der Waals surface area (Å²) in [7, 11) is 0. The van der Waals surface area contributed by atoms with Crippen LogP contribution in [-0.2, 0) is 16.1 Å². The Bertz CT molecular complexity index is 874. The van der Waals surface area contributed by atoms with Gasteiger partial charge in [0.15, 0.2) is 17.6 Å². The van der Waals surface area contributed by atoms with Crippen molar-refractivity contribution in [1.29, 1.82) is 0 Å². The van der Waals surface area contributed by atoms with Gasteiger partial charge in [0.1, 0.15) is 18.2 Å². The molecule has 0 bridgehead atoms. The van der Waals surface area contributed by atoms with Crippen LogP contribution in [0.4, 0.5) is 10.5 Å². The van der Waals surface area contributed by atoms with Gasteiger partial charge in [-0.25, -0.2) is 4.79 Å². The maximum atomic E-state index is 12.3. The second-order valence-electron chi connectivity index (χ2n) is 7.81. The number of alkyl carbamates (subject to hydrolysis) is 1. The molecule has 0 aliphatic carbocycles. The molecule has 0 radical (unpaired) electrons. The van der Waals surface area contributed by atoms with Crippen molar-refractivity contribution in [2.75, 3.05) is 11.9 Å². The van der Waals surface area contributed by atoms with Gasteiger partial charge in [-0.3, -0.25) is 9.48 Å². The molecule has 2 N–H and O–H groups in total. The molecule has 2 atom stereocenters. The summed E-state index contributed by atoms with van der Waals surface area (Å²) >= 11 is 0. The molecule has 1 aromatic heterocycles. The number of hydrogen-bond donors (Lipinski definition) is 2. The molecule has 3 rings (SSSR count). The molecule has 9 nitrogen and oxygen atoms in total. The van der Waals surface area contributed by atoms with Crippen LogP contribution in [0.3, 0.4) is 0 Å². The number of aromatic nitrogens is 2. The lowest BCUT2D eigenvalue weighted by molar-refractivity contribution is -0.117. The molecule has 1 aromatic carbocycles. The van der Waals surface area contributed by atoms with Gasteiger partial charge < -0.3 is 24.8 Å². The molecular formula is C20H26N4O5. The fourth-order valence-electron chi connectivity index (χ4n) is 2.69. The minimum absolute atomic E-state index is 0.193. The zero-order valence-corrected chi connectivity index (χ0v) is 17.0. The first-order valence-corrected chi connectivity index (χ1v) is 9.41. The Morgan fingerprint density at radius 3 is 2.76 bits per heavy atom. The van der Waals surface area contributed by atoms with Gasteiger partial charge in [0, 0.05) is 6.20 Å². The van der Waals surface area contributed by atoms with Crippen molar-refractivity contribution in [1.82, 2.24) is 15.1 Å². The van der Waals surface area contributed by atoms with Crippen LogP contribution in [0.25, 0.3) is 0 Å². The largest absolute Gasteiger partial charge is 0.486 e. The highest BCUT2D eigenvalue weighted by Crippen LogP contribution is 2.31. The Hall–Kier alpha value is -3.23. The van der Waals surface area contributed by atoms with Crippen molar-refractivity contribution in [3.05, 3.63) is 36.7 Å². The van der Waals surface area contributed by atoms with Crippen molar-refractivity contribution < 1.29 is 23.8 Å². The SMILES string of the molecule is C[C@@H](NC(=O)OC(C)(C)C)C(=O)Nc1cnn(C[C@H]2COc3ccccc3O2)c1. The first-order valence-electron chi connectivity index (χ1n) is 9.41. The molecule has 29 heavy (non-hydrogen) atoms. The van der Waals surface area contributed by atoms with Gasteiger partial charge in [0.05, 0.1) is 18.4 Å². The smallest absolute Gasteiger partial charge is 0.408 e. The zero-order valence-electron chi connectivity index (χ0n) is 17.0. The fraction of sp³-hybridized carbons (Fsp3) is 0.450. The number of benzene rings is 1. The number of carbonyl (C=O) groups is 2. The molecule has 0 fully saturated rings. The van der Waals surface area contributed by atoms with E-state index in [4.69, 9.17) is 14.2 Å². The highest BCUT2D eigenvalue weighted by atomic mass is 16.6. The van der Waals surface area contributed by atoms with Gasteiger partial charge in [-0.15, -0.1) is 0 Å². The summed E-state index contributed by atoms with van der Waals surface area (Å²) in [6, 6.07) is 6.73. The predicted octanol–water partition coefficient (Wildman–Crippen LogP) is 2.57. The summed E-state index contributed by atoms with van der Waals surface area (Å²) in [4.78, 5) is 24.1. The quantitative estimate of drug-likeness (QED) is 0.797. The van der Waals surface area contributed by atoms with E-state index in [0.717, 1.165) is 5.75 Å². The Labute approximate surface area is 169 Å². The fourth-order valence-corrected chi connectivity index (χ4v) is 2.69. The second-order valence-corrected chi connectivity index (χ2v) is 7.81. The van der Waals surface area contributed by atoms with E-state index >= 15 is 0 Å². The van der Waals surface area contributed by atoms with E-state index in [1.165, 1.54) is 6.20 Å². The Morgan fingerprint density at radius 1 is 1.31 bits per heavy atom. The number of nitrogens with zero attached hydrogens (tertiary/aromatic N) is 2. The van der Waals surface area contributed by atoms with Gasteiger partial charge in [0.25, 0.3) is 0 Å². The second kappa shape index (κ2) is 8.42. The summed E-state index contributed by atoms with van der Waals surface area (Å²) in [6.45, 7) is 7.72. The summed E-state index contributed by atoms with van der Waals surface area (Å²) in [5.74, 6) is 1.05. The topological polar surface area (TPSA) is 104 Å². The number of carbonyl (C=O) groups excluding carboxylic acids is 2. The van der Waals surface area contributed by atoms with Crippen molar-refractivity contribution in [3.63, 3.8) is 0 Å². The third kappa shape index (κ3) is 5.87. The molecule has 156 valence electrons. The Kier molecular flexibility index (Phi) is 5.95. The molecule has 0 saturated heterocycles. The summed E-state index contributed by atoms with van der Waals surface area (Å²) in [5.41, 5.74) is -0.114. The first-order chi connectivity index (χ1) is 13.7. The van der Waals surface area contributed by atoms with E-state index in [9.17, 15) is 9.59 Å². The van der Waals surface area contributed by atoms with Crippen LogP contribution >= 0.6 is 0 Å². The van der Waals surface area contributed by atoms with Crippen molar-refractivity contribution in [2.45, 2.75) is 52.0 Å². The van der Waals surface area contributed by atoms with Crippen LogP contribution in [0, 0.1) is 0 Å². The highest BCUT2D eigenvalue weighted by Gasteiger charge is 2.23. The molecule has 0 saturated carbocycles. The number of fused-ring (bicyclic) bond motifs is 1. The first kappa shape index (κ1) is 20.5. The number of amides is 2. The van der Waals surface area contributed by atoms with Crippen LogP contribution in [0.2, 0.25) is 0 Å². The van der Waals surface area contributed by atoms with Crippen LogP contribution in [0.5, 0.6) is 11.5 Å². The molecule has 1 aliphatic rings. The minimum Gasteiger partial charge on any atom is -0.486 e. The zero-order chi connectivity index (χ0) is 21.0.